The van der Waals surface area contributed by atoms with E-state index in [9.17, 15) is 20.1 Å². The first-order valence-electron chi connectivity index (χ1n) is 10.2. The second-order valence-electron chi connectivity index (χ2n) is 7.32. The molecule has 32 heavy (non-hydrogen) atoms. The van der Waals surface area contributed by atoms with Crippen LogP contribution in [0.5, 0.6) is 17.2 Å². The first-order chi connectivity index (χ1) is 15.4. The largest absolute Gasteiger partial charge is 0.493 e. The van der Waals surface area contributed by atoms with Crippen molar-refractivity contribution in [3.63, 3.8) is 0 Å². The van der Waals surface area contributed by atoms with Crippen molar-refractivity contribution < 1.29 is 43.8 Å². The van der Waals surface area contributed by atoms with Crippen LogP contribution < -0.4 is 14.2 Å². The molecule has 0 aliphatic carbocycles. The van der Waals surface area contributed by atoms with E-state index >= 15 is 0 Å². The molecule has 4 unspecified atom stereocenters. The number of aliphatic hydroxyl groups excluding tert-OH is 3. The van der Waals surface area contributed by atoms with Crippen LogP contribution >= 0.6 is 0 Å². The molecule has 2 aromatic rings. The number of benzene rings is 2. The molecule has 1 fully saturated rings. The van der Waals surface area contributed by atoms with Crippen molar-refractivity contribution in [1.82, 2.24) is 0 Å². The third-order valence-electron chi connectivity index (χ3n) is 5.11. The molecule has 3 N–H and O–H groups in total. The summed E-state index contributed by atoms with van der Waals surface area (Å²) < 4.78 is 27.0. The quantitative estimate of drug-likeness (QED) is 0.487. The Morgan fingerprint density at radius 1 is 1.06 bits per heavy atom. The number of aliphatic hydroxyl groups is 3. The van der Waals surface area contributed by atoms with Gasteiger partial charge in [-0.15, -0.1) is 0 Å². The van der Waals surface area contributed by atoms with Gasteiger partial charge in [0.05, 0.1) is 32.5 Å². The predicted octanol–water partition coefficient (Wildman–Crippen LogP) is 1.31. The fraction of sp³-hybridized carbons (Fsp3) is 0.435. The van der Waals surface area contributed by atoms with Crippen LogP contribution in [0.15, 0.2) is 42.5 Å². The Hall–Kier alpha value is -2.85. The SMILES string of the molecule is COc1cc(C(=O)OCC2OC(O)CC(O)C2O)cc(OC)c1OCCc1ccccc1. The molecule has 1 aliphatic rings. The highest BCUT2D eigenvalue weighted by molar-refractivity contribution is 5.91. The molecule has 174 valence electrons. The molecule has 2 aromatic carbocycles. The molecule has 0 amide bonds. The van der Waals surface area contributed by atoms with E-state index in [1.54, 1.807) is 0 Å². The minimum absolute atomic E-state index is 0.119. The van der Waals surface area contributed by atoms with E-state index in [2.05, 4.69) is 0 Å². The summed E-state index contributed by atoms with van der Waals surface area (Å²) >= 11 is 0. The Kier molecular flexibility index (Phi) is 8.29. The zero-order valence-electron chi connectivity index (χ0n) is 18.0. The van der Waals surface area contributed by atoms with Gasteiger partial charge in [0.2, 0.25) is 5.75 Å². The summed E-state index contributed by atoms with van der Waals surface area (Å²) in [6.07, 6.45) is -4.19. The molecule has 1 aliphatic heterocycles. The van der Waals surface area contributed by atoms with E-state index in [-0.39, 0.29) is 18.6 Å². The van der Waals surface area contributed by atoms with Crippen LogP contribution in [0.2, 0.25) is 0 Å². The van der Waals surface area contributed by atoms with Crippen LogP contribution in [0.3, 0.4) is 0 Å². The average Bonchev–Trinajstić information content (AvgIpc) is 2.80. The summed E-state index contributed by atoms with van der Waals surface area (Å²) in [5, 5.41) is 29.3. The summed E-state index contributed by atoms with van der Waals surface area (Å²) in [7, 11) is 2.89. The van der Waals surface area contributed by atoms with E-state index < -0.39 is 30.6 Å². The van der Waals surface area contributed by atoms with Crippen molar-refractivity contribution in [3.05, 3.63) is 53.6 Å². The Morgan fingerprint density at radius 3 is 2.34 bits per heavy atom. The number of esters is 1. The average molecular weight is 448 g/mol. The van der Waals surface area contributed by atoms with Gasteiger partial charge < -0.3 is 39.0 Å². The molecular formula is C23H28O9. The smallest absolute Gasteiger partial charge is 0.338 e. The van der Waals surface area contributed by atoms with E-state index in [1.165, 1.54) is 26.4 Å². The summed E-state index contributed by atoms with van der Waals surface area (Å²) in [5.74, 6) is 0.232. The Morgan fingerprint density at radius 2 is 1.72 bits per heavy atom. The highest BCUT2D eigenvalue weighted by Crippen LogP contribution is 2.39. The molecule has 0 saturated carbocycles. The fourth-order valence-corrected chi connectivity index (χ4v) is 3.37. The van der Waals surface area contributed by atoms with Crippen LogP contribution in [0, 0.1) is 0 Å². The Labute approximate surface area is 186 Å². The van der Waals surface area contributed by atoms with Crippen LogP contribution in [0.4, 0.5) is 0 Å². The number of hydrogen-bond donors (Lipinski definition) is 3. The Bertz CT molecular complexity index is 861. The number of methoxy groups -OCH3 is 2. The van der Waals surface area contributed by atoms with Crippen LogP contribution in [-0.4, -0.2) is 73.3 Å². The molecule has 9 heteroatoms. The van der Waals surface area contributed by atoms with E-state index in [0.717, 1.165) is 5.56 Å². The van der Waals surface area contributed by atoms with Crippen LogP contribution in [0.25, 0.3) is 0 Å². The lowest BCUT2D eigenvalue weighted by molar-refractivity contribution is -0.239. The lowest BCUT2D eigenvalue weighted by Gasteiger charge is -2.34. The van der Waals surface area contributed by atoms with Gasteiger partial charge in [-0.05, 0) is 17.7 Å². The van der Waals surface area contributed by atoms with Gasteiger partial charge in [0.1, 0.15) is 18.8 Å². The number of hydrogen-bond acceptors (Lipinski definition) is 9. The number of carbonyl (C=O) groups is 1. The maximum Gasteiger partial charge on any atom is 0.338 e. The highest BCUT2D eigenvalue weighted by Gasteiger charge is 2.36. The molecule has 9 nitrogen and oxygen atoms in total. The molecule has 1 heterocycles. The molecular weight excluding hydrogens is 420 g/mol. The maximum absolute atomic E-state index is 12.6. The minimum Gasteiger partial charge on any atom is -0.493 e. The molecule has 4 atom stereocenters. The summed E-state index contributed by atoms with van der Waals surface area (Å²) in [4.78, 5) is 12.6. The van der Waals surface area contributed by atoms with Crippen molar-refractivity contribution in [1.29, 1.82) is 0 Å². The molecule has 3 rings (SSSR count). The minimum atomic E-state index is -1.28. The van der Waals surface area contributed by atoms with Crippen molar-refractivity contribution in [3.8, 4) is 17.2 Å². The lowest BCUT2D eigenvalue weighted by atomic mass is 10.0. The second-order valence-corrected chi connectivity index (χ2v) is 7.32. The van der Waals surface area contributed by atoms with Crippen molar-refractivity contribution >= 4 is 5.97 Å². The van der Waals surface area contributed by atoms with Gasteiger partial charge in [-0.25, -0.2) is 4.79 Å². The van der Waals surface area contributed by atoms with Crippen LogP contribution in [0.1, 0.15) is 22.3 Å². The third-order valence-corrected chi connectivity index (χ3v) is 5.11. The standard InChI is InChI=1S/C23H28O9/c1-28-17-10-15(23(27)31-13-19-21(26)16(24)12-20(25)32-19)11-18(29-2)22(17)30-9-8-14-6-4-3-5-7-14/h3-7,10-11,16,19-21,24-26H,8-9,12-13H2,1-2H3. The number of rotatable bonds is 9. The summed E-state index contributed by atoms with van der Waals surface area (Å²) in [5.41, 5.74) is 1.26. The van der Waals surface area contributed by atoms with Gasteiger partial charge in [0.15, 0.2) is 17.8 Å². The van der Waals surface area contributed by atoms with Crippen molar-refractivity contribution in [2.75, 3.05) is 27.4 Å². The molecule has 0 aromatic heterocycles. The molecule has 1 saturated heterocycles. The van der Waals surface area contributed by atoms with Crippen molar-refractivity contribution in [2.24, 2.45) is 0 Å². The van der Waals surface area contributed by atoms with Gasteiger partial charge in [-0.3, -0.25) is 0 Å². The van der Waals surface area contributed by atoms with Gasteiger partial charge in [0.25, 0.3) is 0 Å². The van der Waals surface area contributed by atoms with E-state index in [0.29, 0.717) is 30.3 Å². The van der Waals surface area contributed by atoms with E-state index in [1.807, 2.05) is 30.3 Å². The van der Waals surface area contributed by atoms with Crippen molar-refractivity contribution in [2.45, 2.75) is 37.4 Å². The lowest BCUT2D eigenvalue weighted by Crippen LogP contribution is -2.50. The molecule has 0 radical (unpaired) electrons. The molecule has 0 bridgehead atoms. The predicted molar refractivity (Wildman–Crippen MR) is 113 cm³/mol. The zero-order valence-corrected chi connectivity index (χ0v) is 18.0. The second kappa shape index (κ2) is 11.1. The first-order valence-corrected chi connectivity index (χ1v) is 10.2. The third kappa shape index (κ3) is 5.89. The first kappa shape index (κ1) is 23.8. The summed E-state index contributed by atoms with van der Waals surface area (Å²) in [6, 6.07) is 12.8. The van der Waals surface area contributed by atoms with Gasteiger partial charge in [0, 0.05) is 12.8 Å². The van der Waals surface area contributed by atoms with E-state index in [4.69, 9.17) is 23.7 Å². The fourth-order valence-electron chi connectivity index (χ4n) is 3.37. The zero-order chi connectivity index (χ0) is 23.1. The monoisotopic (exact) mass is 448 g/mol. The topological polar surface area (TPSA) is 124 Å². The van der Waals surface area contributed by atoms with Crippen LogP contribution in [-0.2, 0) is 15.9 Å². The van der Waals surface area contributed by atoms with Gasteiger partial charge in [-0.2, -0.15) is 0 Å². The molecule has 0 spiro atoms. The summed E-state index contributed by atoms with van der Waals surface area (Å²) in [6.45, 7) is 0.0240. The maximum atomic E-state index is 12.6. The van der Waals surface area contributed by atoms with Gasteiger partial charge >= 0.3 is 5.97 Å². The number of carbonyl (C=O) groups excluding carboxylic acids is 1. The van der Waals surface area contributed by atoms with Gasteiger partial charge in [-0.1, -0.05) is 30.3 Å². The number of ether oxygens (including phenoxy) is 5. The highest BCUT2D eigenvalue weighted by atomic mass is 16.6. The normalized spacial score (nSPS) is 22.8. The Balaban J connectivity index is 1.66.